The number of carbonyl (C=O) groups excluding carboxylic acids is 1. The van der Waals surface area contributed by atoms with E-state index in [0.717, 1.165) is 6.92 Å². The zero-order chi connectivity index (χ0) is 9.94. The maximum atomic E-state index is 10.8. The molecule has 0 saturated carbocycles. The molecule has 70 valence electrons. The van der Waals surface area contributed by atoms with Crippen LogP contribution in [0.4, 0.5) is 0 Å². The van der Waals surface area contributed by atoms with Gasteiger partial charge in [-0.25, -0.2) is 4.79 Å². The van der Waals surface area contributed by atoms with E-state index in [1.165, 1.54) is 0 Å². The second kappa shape index (κ2) is 3.67. The van der Waals surface area contributed by atoms with Crippen molar-refractivity contribution < 1.29 is 19.8 Å². The Morgan fingerprint density at radius 1 is 1.42 bits per heavy atom. The summed E-state index contributed by atoms with van der Waals surface area (Å²) in [5.41, 5.74) is -2.20. The van der Waals surface area contributed by atoms with Gasteiger partial charge in [-0.3, -0.25) is 4.79 Å². The average Bonchev–Trinajstić information content (AvgIpc) is 1.84. The fourth-order valence-electron chi connectivity index (χ4n) is 0.972. The van der Waals surface area contributed by atoms with E-state index in [0.29, 0.717) is 0 Å². The Morgan fingerprint density at radius 3 is 1.92 bits per heavy atom. The van der Waals surface area contributed by atoms with Crippen molar-refractivity contribution in [2.24, 2.45) is 5.92 Å². The summed E-state index contributed by atoms with van der Waals surface area (Å²) in [6.07, 6.45) is -0.0440. The maximum Gasteiger partial charge on any atom is 0.343 e. The van der Waals surface area contributed by atoms with Crippen LogP contribution in [0.1, 0.15) is 27.2 Å². The smallest absolute Gasteiger partial charge is 0.343 e. The predicted octanol–water partition coefficient (Wildman–Crippen LogP) is 0.437. The van der Waals surface area contributed by atoms with Crippen molar-refractivity contribution in [3.05, 3.63) is 0 Å². The largest absolute Gasteiger partial charge is 0.479 e. The molecule has 1 unspecified atom stereocenters. The topological polar surface area (TPSA) is 74.6 Å². The number of carboxylic acids is 1. The Labute approximate surface area is 71.2 Å². The number of hydrogen-bond donors (Lipinski definition) is 2. The molecule has 12 heavy (non-hydrogen) atoms. The van der Waals surface area contributed by atoms with Crippen molar-refractivity contribution >= 4 is 11.8 Å². The summed E-state index contributed by atoms with van der Waals surface area (Å²) in [7, 11) is 0. The summed E-state index contributed by atoms with van der Waals surface area (Å²) in [6.45, 7) is 4.57. The molecule has 0 radical (unpaired) electrons. The molecule has 0 aromatic heterocycles. The highest BCUT2D eigenvalue weighted by atomic mass is 16.4. The minimum Gasteiger partial charge on any atom is -0.479 e. The lowest BCUT2D eigenvalue weighted by Gasteiger charge is -2.21. The van der Waals surface area contributed by atoms with Crippen molar-refractivity contribution in [1.29, 1.82) is 0 Å². The van der Waals surface area contributed by atoms with Crippen LogP contribution in [0.15, 0.2) is 0 Å². The van der Waals surface area contributed by atoms with Crippen LogP contribution in [0.5, 0.6) is 0 Å². The second-order valence-corrected chi connectivity index (χ2v) is 3.32. The van der Waals surface area contributed by atoms with Gasteiger partial charge in [0.2, 0.25) is 5.60 Å². The Bertz CT molecular complexity index is 181. The van der Waals surface area contributed by atoms with Crippen LogP contribution < -0.4 is 0 Å². The third-order valence-corrected chi connectivity index (χ3v) is 1.64. The van der Waals surface area contributed by atoms with Crippen molar-refractivity contribution in [2.45, 2.75) is 32.8 Å². The first kappa shape index (κ1) is 11.1. The van der Waals surface area contributed by atoms with E-state index in [1.54, 1.807) is 13.8 Å². The first-order chi connectivity index (χ1) is 5.30. The van der Waals surface area contributed by atoms with Crippen molar-refractivity contribution in [1.82, 2.24) is 0 Å². The SMILES string of the molecule is CC(=O)C(O)(CC(C)C)C(=O)O. The Hall–Kier alpha value is -0.900. The van der Waals surface area contributed by atoms with Gasteiger partial charge in [0.25, 0.3) is 0 Å². The third-order valence-electron chi connectivity index (χ3n) is 1.64. The van der Waals surface area contributed by atoms with Crippen molar-refractivity contribution in [2.75, 3.05) is 0 Å². The van der Waals surface area contributed by atoms with E-state index in [-0.39, 0.29) is 12.3 Å². The van der Waals surface area contributed by atoms with E-state index in [4.69, 9.17) is 5.11 Å². The molecule has 4 nitrogen and oxygen atoms in total. The lowest BCUT2D eigenvalue weighted by molar-refractivity contribution is -0.166. The van der Waals surface area contributed by atoms with Gasteiger partial charge in [0, 0.05) is 0 Å². The van der Waals surface area contributed by atoms with Gasteiger partial charge in [-0.15, -0.1) is 0 Å². The van der Waals surface area contributed by atoms with Crippen LogP contribution in [0.2, 0.25) is 0 Å². The minimum atomic E-state index is -2.20. The van der Waals surface area contributed by atoms with E-state index < -0.39 is 17.4 Å². The highest BCUT2D eigenvalue weighted by Gasteiger charge is 2.41. The van der Waals surface area contributed by atoms with Gasteiger partial charge in [-0.1, -0.05) is 13.8 Å². The van der Waals surface area contributed by atoms with E-state index in [9.17, 15) is 14.7 Å². The quantitative estimate of drug-likeness (QED) is 0.606. The summed E-state index contributed by atoms with van der Waals surface area (Å²) in [6, 6.07) is 0. The maximum absolute atomic E-state index is 10.8. The second-order valence-electron chi connectivity index (χ2n) is 3.32. The number of aliphatic carboxylic acids is 1. The fourth-order valence-corrected chi connectivity index (χ4v) is 0.972. The monoisotopic (exact) mass is 174 g/mol. The predicted molar refractivity (Wildman–Crippen MR) is 42.7 cm³/mol. The van der Waals surface area contributed by atoms with E-state index in [2.05, 4.69) is 0 Å². The average molecular weight is 174 g/mol. The first-order valence-electron chi connectivity index (χ1n) is 3.77. The summed E-state index contributed by atoms with van der Waals surface area (Å²) >= 11 is 0. The number of carbonyl (C=O) groups is 2. The summed E-state index contributed by atoms with van der Waals surface area (Å²) in [5, 5.41) is 18.0. The highest BCUT2D eigenvalue weighted by Crippen LogP contribution is 2.18. The zero-order valence-corrected chi connectivity index (χ0v) is 7.50. The molecule has 0 heterocycles. The number of hydrogen-bond acceptors (Lipinski definition) is 3. The molecule has 1 atom stereocenters. The number of aliphatic hydroxyl groups is 1. The number of rotatable bonds is 4. The fraction of sp³-hybridized carbons (Fsp3) is 0.750. The molecule has 0 aliphatic carbocycles. The molecule has 0 aliphatic rings. The summed E-state index contributed by atoms with van der Waals surface area (Å²) < 4.78 is 0. The van der Waals surface area contributed by atoms with Gasteiger partial charge < -0.3 is 10.2 Å². The lowest BCUT2D eigenvalue weighted by Crippen LogP contribution is -2.46. The molecule has 0 amide bonds. The number of Topliss-reactive ketones (excluding diaryl/α,β-unsaturated/α-hetero) is 1. The Balaban J connectivity index is 4.63. The zero-order valence-electron chi connectivity index (χ0n) is 7.50. The van der Waals surface area contributed by atoms with Gasteiger partial charge >= 0.3 is 5.97 Å². The molecule has 0 bridgehead atoms. The molecule has 2 N–H and O–H groups in total. The molecule has 0 aromatic rings. The van der Waals surface area contributed by atoms with Crippen LogP contribution >= 0.6 is 0 Å². The number of ketones is 1. The summed E-state index contributed by atoms with van der Waals surface area (Å²) in [5.74, 6) is -2.22. The van der Waals surface area contributed by atoms with Gasteiger partial charge in [-0.2, -0.15) is 0 Å². The number of carboxylic acid groups (broad SMARTS) is 1. The summed E-state index contributed by atoms with van der Waals surface area (Å²) in [4.78, 5) is 21.3. The molecule has 0 saturated heterocycles. The molecular formula is C8H14O4. The van der Waals surface area contributed by atoms with E-state index >= 15 is 0 Å². The van der Waals surface area contributed by atoms with Gasteiger partial charge in [0.15, 0.2) is 5.78 Å². The Kier molecular flexibility index (Phi) is 3.39. The minimum absolute atomic E-state index is 0.0324. The van der Waals surface area contributed by atoms with Crippen LogP contribution in [0.3, 0.4) is 0 Å². The van der Waals surface area contributed by atoms with Crippen LogP contribution in [-0.4, -0.2) is 27.6 Å². The molecular weight excluding hydrogens is 160 g/mol. The van der Waals surface area contributed by atoms with Crippen LogP contribution in [0, 0.1) is 5.92 Å². The van der Waals surface area contributed by atoms with Gasteiger partial charge in [-0.05, 0) is 19.3 Å². The van der Waals surface area contributed by atoms with Crippen molar-refractivity contribution in [3.63, 3.8) is 0 Å². The third kappa shape index (κ3) is 2.30. The highest BCUT2D eigenvalue weighted by molar-refractivity contribution is 6.04. The van der Waals surface area contributed by atoms with Gasteiger partial charge in [0.1, 0.15) is 0 Å². The molecule has 0 fully saturated rings. The van der Waals surface area contributed by atoms with E-state index in [1.807, 2.05) is 0 Å². The normalized spacial score (nSPS) is 15.8. The van der Waals surface area contributed by atoms with Gasteiger partial charge in [0.05, 0.1) is 0 Å². The lowest BCUT2D eigenvalue weighted by atomic mass is 9.89. The standard InChI is InChI=1S/C8H14O4/c1-5(2)4-8(12,6(3)9)7(10)11/h5,12H,4H2,1-3H3,(H,10,11). The molecule has 0 spiro atoms. The van der Waals surface area contributed by atoms with Crippen LogP contribution in [-0.2, 0) is 9.59 Å². The molecule has 4 heteroatoms. The van der Waals surface area contributed by atoms with Crippen molar-refractivity contribution in [3.8, 4) is 0 Å². The first-order valence-corrected chi connectivity index (χ1v) is 3.77. The molecule has 0 rings (SSSR count). The molecule has 0 aliphatic heterocycles. The molecule has 0 aromatic carbocycles. The Morgan fingerprint density at radius 2 is 1.83 bits per heavy atom. The van der Waals surface area contributed by atoms with Crippen LogP contribution in [0.25, 0.3) is 0 Å².